The number of aryl methyl sites for hydroxylation is 1. The Balaban J connectivity index is 2.26. The Hall–Kier alpha value is -2.70. The van der Waals surface area contributed by atoms with Gasteiger partial charge in [0.1, 0.15) is 17.1 Å². The van der Waals surface area contributed by atoms with Crippen LogP contribution in [0.25, 0.3) is 10.9 Å². The van der Waals surface area contributed by atoms with E-state index in [1.54, 1.807) is 32.2 Å². The van der Waals surface area contributed by atoms with Crippen molar-refractivity contribution in [1.29, 1.82) is 0 Å². The lowest BCUT2D eigenvalue weighted by Gasteiger charge is -2.18. The molecule has 152 valence electrons. The maximum absolute atomic E-state index is 12.6. The number of halogens is 2. The molecule has 0 saturated carbocycles. The van der Waals surface area contributed by atoms with Crippen LogP contribution in [0.4, 0.5) is 11.4 Å². The summed E-state index contributed by atoms with van der Waals surface area (Å²) in [6, 6.07) is 6.96. The summed E-state index contributed by atoms with van der Waals surface area (Å²) in [5, 5.41) is 4.93. The fraction of sp³-hybridized carbons (Fsp3) is 0.238. The summed E-state index contributed by atoms with van der Waals surface area (Å²) in [6.45, 7) is 3.87. The summed E-state index contributed by atoms with van der Waals surface area (Å²) in [7, 11) is 3.07. The zero-order valence-electron chi connectivity index (χ0n) is 16.4. The number of hydrogen-bond acceptors (Lipinski definition) is 6. The van der Waals surface area contributed by atoms with E-state index < -0.39 is 5.97 Å². The van der Waals surface area contributed by atoms with E-state index in [9.17, 15) is 4.79 Å². The molecule has 2 aromatic carbocycles. The van der Waals surface area contributed by atoms with Gasteiger partial charge in [0.05, 0.1) is 42.7 Å². The number of aromatic nitrogens is 1. The minimum atomic E-state index is -0.497. The molecule has 0 amide bonds. The van der Waals surface area contributed by atoms with Crippen LogP contribution in [-0.2, 0) is 4.74 Å². The number of benzene rings is 2. The van der Waals surface area contributed by atoms with Crippen LogP contribution in [0.1, 0.15) is 22.8 Å². The summed E-state index contributed by atoms with van der Waals surface area (Å²) in [6.07, 6.45) is 1.46. The summed E-state index contributed by atoms with van der Waals surface area (Å²) in [5.74, 6) is 0.494. The van der Waals surface area contributed by atoms with Crippen LogP contribution in [-0.4, -0.2) is 31.8 Å². The van der Waals surface area contributed by atoms with Gasteiger partial charge in [-0.25, -0.2) is 4.79 Å². The molecule has 6 nitrogen and oxygen atoms in total. The maximum Gasteiger partial charge on any atom is 0.341 e. The van der Waals surface area contributed by atoms with Gasteiger partial charge in [0, 0.05) is 22.7 Å². The van der Waals surface area contributed by atoms with Gasteiger partial charge in [-0.3, -0.25) is 4.98 Å². The van der Waals surface area contributed by atoms with Gasteiger partial charge >= 0.3 is 5.97 Å². The van der Waals surface area contributed by atoms with Crippen molar-refractivity contribution in [3.05, 3.63) is 51.6 Å². The van der Waals surface area contributed by atoms with Crippen molar-refractivity contribution in [2.24, 2.45) is 0 Å². The number of carbonyl (C=O) groups excluding carboxylic acids is 1. The van der Waals surface area contributed by atoms with E-state index >= 15 is 0 Å². The minimum Gasteiger partial charge on any atom is -0.495 e. The highest BCUT2D eigenvalue weighted by Gasteiger charge is 2.20. The Morgan fingerprint density at radius 3 is 2.45 bits per heavy atom. The van der Waals surface area contributed by atoms with Gasteiger partial charge in [0.15, 0.2) is 0 Å². The first kappa shape index (κ1) is 21.0. The Bertz CT molecular complexity index is 1090. The van der Waals surface area contributed by atoms with Crippen LogP contribution in [0.2, 0.25) is 10.0 Å². The second-order valence-corrected chi connectivity index (χ2v) is 7.01. The smallest absolute Gasteiger partial charge is 0.341 e. The number of hydrogen-bond donors (Lipinski definition) is 1. The highest BCUT2D eigenvalue weighted by Crippen LogP contribution is 2.39. The fourth-order valence-corrected chi connectivity index (χ4v) is 3.30. The molecule has 0 atom stereocenters. The van der Waals surface area contributed by atoms with E-state index in [0.29, 0.717) is 43.8 Å². The normalized spacial score (nSPS) is 10.7. The molecular weight excluding hydrogens is 415 g/mol. The van der Waals surface area contributed by atoms with E-state index in [1.165, 1.54) is 13.3 Å². The highest BCUT2D eigenvalue weighted by atomic mass is 35.5. The number of ether oxygens (including phenoxy) is 3. The van der Waals surface area contributed by atoms with Crippen LogP contribution in [0.15, 0.2) is 30.5 Å². The van der Waals surface area contributed by atoms with Crippen molar-refractivity contribution in [2.75, 3.05) is 26.1 Å². The number of rotatable bonds is 6. The molecule has 8 heteroatoms. The average Bonchev–Trinajstić information content (AvgIpc) is 2.70. The number of fused-ring (bicyclic) bond motifs is 1. The zero-order valence-corrected chi connectivity index (χ0v) is 17.9. The standard InChI is InChI=1S/C21H20Cl2N2O4/c1-5-29-21(26)13-10-24-16-8-15(23)18(27-3)7-12(16)20(13)25-17-6-11(2)14(22)9-19(17)28-4/h6-10H,5H2,1-4H3,(H,24,25). The van der Waals surface area contributed by atoms with E-state index in [0.717, 1.165) is 5.56 Å². The number of nitrogens with one attached hydrogen (secondary N) is 1. The van der Waals surface area contributed by atoms with Crippen LogP contribution < -0.4 is 14.8 Å². The summed E-state index contributed by atoms with van der Waals surface area (Å²) >= 11 is 12.5. The molecule has 0 spiro atoms. The number of pyridine rings is 1. The van der Waals surface area contributed by atoms with E-state index in [4.69, 9.17) is 37.4 Å². The lowest BCUT2D eigenvalue weighted by atomic mass is 10.1. The molecule has 0 aliphatic rings. The molecule has 3 rings (SSSR count). The van der Waals surface area contributed by atoms with E-state index in [-0.39, 0.29) is 12.2 Å². The van der Waals surface area contributed by atoms with Crippen LogP contribution in [0.5, 0.6) is 11.5 Å². The minimum absolute atomic E-state index is 0.240. The molecule has 29 heavy (non-hydrogen) atoms. The van der Waals surface area contributed by atoms with E-state index in [2.05, 4.69) is 10.3 Å². The van der Waals surface area contributed by atoms with Crippen molar-refractivity contribution in [2.45, 2.75) is 13.8 Å². The Kier molecular flexibility index (Phi) is 6.35. The molecule has 1 N–H and O–H groups in total. The predicted molar refractivity (Wildman–Crippen MR) is 115 cm³/mol. The second-order valence-electron chi connectivity index (χ2n) is 6.20. The van der Waals surface area contributed by atoms with Crippen molar-refractivity contribution < 1.29 is 19.0 Å². The monoisotopic (exact) mass is 434 g/mol. The van der Waals surface area contributed by atoms with Crippen LogP contribution in [0, 0.1) is 6.92 Å². The van der Waals surface area contributed by atoms with Crippen LogP contribution in [0.3, 0.4) is 0 Å². The molecule has 0 bridgehead atoms. The van der Waals surface area contributed by atoms with E-state index in [1.807, 2.05) is 13.0 Å². The molecule has 1 aromatic heterocycles. The molecular formula is C21H20Cl2N2O4. The van der Waals surface area contributed by atoms with Crippen molar-refractivity contribution in [1.82, 2.24) is 4.98 Å². The van der Waals surface area contributed by atoms with Crippen molar-refractivity contribution in [3.63, 3.8) is 0 Å². The number of carbonyl (C=O) groups is 1. The Labute approximate surface area is 178 Å². The molecule has 3 aromatic rings. The zero-order chi connectivity index (χ0) is 21.1. The third-order valence-corrected chi connectivity index (χ3v) is 5.08. The van der Waals surface area contributed by atoms with Gasteiger partial charge in [-0.05, 0) is 37.6 Å². The third-order valence-electron chi connectivity index (χ3n) is 4.38. The molecule has 1 heterocycles. The molecule has 0 radical (unpaired) electrons. The predicted octanol–water partition coefficient (Wildman–Crippen LogP) is 5.79. The Morgan fingerprint density at radius 1 is 1.07 bits per heavy atom. The first-order valence-corrected chi connectivity index (χ1v) is 9.59. The maximum atomic E-state index is 12.6. The van der Waals surface area contributed by atoms with Gasteiger partial charge in [0.25, 0.3) is 0 Å². The number of anilines is 2. The van der Waals surface area contributed by atoms with Gasteiger partial charge in [0.2, 0.25) is 0 Å². The number of nitrogens with zero attached hydrogens (tertiary/aromatic N) is 1. The Morgan fingerprint density at radius 2 is 1.79 bits per heavy atom. The lowest BCUT2D eigenvalue weighted by molar-refractivity contribution is 0.0527. The summed E-state index contributed by atoms with van der Waals surface area (Å²) in [5.41, 5.74) is 2.87. The lowest BCUT2D eigenvalue weighted by Crippen LogP contribution is -2.10. The van der Waals surface area contributed by atoms with Crippen molar-refractivity contribution >= 4 is 51.4 Å². The van der Waals surface area contributed by atoms with Gasteiger partial charge in [-0.15, -0.1) is 0 Å². The average molecular weight is 435 g/mol. The second kappa shape index (κ2) is 8.76. The fourth-order valence-electron chi connectivity index (χ4n) is 2.91. The largest absolute Gasteiger partial charge is 0.495 e. The molecule has 0 aliphatic carbocycles. The SMILES string of the molecule is CCOC(=O)c1cnc2cc(Cl)c(OC)cc2c1Nc1cc(C)c(Cl)cc1OC. The number of methoxy groups -OCH3 is 2. The number of esters is 1. The summed E-state index contributed by atoms with van der Waals surface area (Å²) < 4.78 is 16.0. The van der Waals surface area contributed by atoms with Crippen molar-refractivity contribution in [3.8, 4) is 11.5 Å². The van der Waals surface area contributed by atoms with Gasteiger partial charge in [-0.1, -0.05) is 23.2 Å². The first-order valence-electron chi connectivity index (χ1n) is 8.84. The van der Waals surface area contributed by atoms with Crippen LogP contribution >= 0.6 is 23.2 Å². The van der Waals surface area contributed by atoms with Gasteiger partial charge in [-0.2, -0.15) is 0 Å². The topological polar surface area (TPSA) is 69.7 Å². The third kappa shape index (κ3) is 4.18. The molecule has 0 unspecified atom stereocenters. The quantitative estimate of drug-likeness (QED) is 0.495. The summed E-state index contributed by atoms with van der Waals surface area (Å²) in [4.78, 5) is 16.9. The molecule has 0 aliphatic heterocycles. The molecule has 0 saturated heterocycles. The van der Waals surface area contributed by atoms with Gasteiger partial charge < -0.3 is 19.5 Å². The highest BCUT2D eigenvalue weighted by molar-refractivity contribution is 6.33. The first-order chi connectivity index (χ1) is 13.9. The molecule has 0 fully saturated rings.